The van der Waals surface area contributed by atoms with Crippen LogP contribution in [0.5, 0.6) is 0 Å². The van der Waals surface area contributed by atoms with Gasteiger partial charge in [0.25, 0.3) is 0 Å². The smallest absolute Gasteiger partial charge is 0.224 e. The van der Waals surface area contributed by atoms with Gasteiger partial charge >= 0.3 is 0 Å². The molecule has 1 rings (SSSR count). The SMILES string of the molecule is CCCNc1ncc(F)c(NCC(C)OCC)n1. The van der Waals surface area contributed by atoms with E-state index in [1.54, 1.807) is 0 Å². The molecule has 5 nitrogen and oxygen atoms in total. The van der Waals surface area contributed by atoms with Crippen molar-refractivity contribution < 1.29 is 9.13 Å². The summed E-state index contributed by atoms with van der Waals surface area (Å²) in [6, 6.07) is 0. The second-order valence-corrected chi connectivity index (χ2v) is 3.96. The van der Waals surface area contributed by atoms with Crippen molar-refractivity contribution in [2.75, 3.05) is 30.3 Å². The van der Waals surface area contributed by atoms with Crippen molar-refractivity contribution in [3.8, 4) is 0 Å². The summed E-state index contributed by atoms with van der Waals surface area (Å²) in [6.45, 7) is 7.80. The average molecular weight is 256 g/mol. The average Bonchev–Trinajstić information content (AvgIpc) is 2.36. The molecule has 0 radical (unpaired) electrons. The zero-order valence-corrected chi connectivity index (χ0v) is 11.2. The molecule has 0 bridgehead atoms. The second kappa shape index (κ2) is 7.81. The summed E-state index contributed by atoms with van der Waals surface area (Å²) in [5.41, 5.74) is 0. The summed E-state index contributed by atoms with van der Waals surface area (Å²) in [6.07, 6.45) is 2.14. The molecule has 1 aromatic heterocycles. The summed E-state index contributed by atoms with van der Waals surface area (Å²) < 4.78 is 18.8. The first kappa shape index (κ1) is 14.6. The Morgan fingerprint density at radius 1 is 1.39 bits per heavy atom. The molecule has 1 heterocycles. The molecule has 1 aromatic rings. The number of ether oxygens (including phenoxy) is 1. The standard InChI is InChI=1S/C12H21FN4O/c1-4-6-14-12-16-8-10(13)11(17-12)15-7-9(3)18-5-2/h8-9H,4-7H2,1-3H3,(H2,14,15,16,17). The topological polar surface area (TPSA) is 59.1 Å². The minimum atomic E-state index is -0.458. The first-order chi connectivity index (χ1) is 8.67. The number of nitrogens with zero attached hydrogens (tertiary/aromatic N) is 2. The molecular weight excluding hydrogens is 235 g/mol. The molecule has 0 aliphatic carbocycles. The van der Waals surface area contributed by atoms with Crippen LogP contribution in [0.15, 0.2) is 6.20 Å². The molecule has 6 heteroatoms. The molecule has 0 aliphatic heterocycles. The van der Waals surface area contributed by atoms with Crippen LogP contribution < -0.4 is 10.6 Å². The van der Waals surface area contributed by atoms with Gasteiger partial charge in [-0.1, -0.05) is 6.92 Å². The molecule has 0 spiro atoms. The van der Waals surface area contributed by atoms with Gasteiger partial charge in [-0.3, -0.25) is 0 Å². The van der Waals surface area contributed by atoms with Gasteiger partial charge in [-0.2, -0.15) is 4.98 Å². The maximum Gasteiger partial charge on any atom is 0.224 e. The number of rotatable bonds is 8. The van der Waals surface area contributed by atoms with Crippen LogP contribution in [0, 0.1) is 5.82 Å². The third-order valence-electron chi connectivity index (χ3n) is 2.29. The van der Waals surface area contributed by atoms with Gasteiger partial charge in [-0.05, 0) is 20.3 Å². The molecule has 0 saturated heterocycles. The van der Waals surface area contributed by atoms with E-state index in [0.717, 1.165) is 13.0 Å². The van der Waals surface area contributed by atoms with Crippen LogP contribution in [0.3, 0.4) is 0 Å². The van der Waals surface area contributed by atoms with Crippen molar-refractivity contribution >= 4 is 11.8 Å². The van der Waals surface area contributed by atoms with Crippen LogP contribution in [0.1, 0.15) is 27.2 Å². The molecule has 0 aromatic carbocycles. The fourth-order valence-corrected chi connectivity index (χ4v) is 1.40. The molecular formula is C12H21FN4O. The molecule has 102 valence electrons. The van der Waals surface area contributed by atoms with Crippen LogP contribution in [0.25, 0.3) is 0 Å². The highest BCUT2D eigenvalue weighted by Gasteiger charge is 2.08. The summed E-state index contributed by atoms with van der Waals surface area (Å²) in [5, 5.41) is 5.94. The first-order valence-corrected chi connectivity index (χ1v) is 6.29. The van der Waals surface area contributed by atoms with E-state index in [-0.39, 0.29) is 11.9 Å². The minimum absolute atomic E-state index is 0.0106. The Hall–Kier alpha value is -1.43. The molecule has 18 heavy (non-hydrogen) atoms. The molecule has 0 saturated carbocycles. The van der Waals surface area contributed by atoms with Crippen molar-refractivity contribution in [2.45, 2.75) is 33.3 Å². The molecule has 0 aliphatic rings. The summed E-state index contributed by atoms with van der Waals surface area (Å²) in [5.74, 6) is 0.181. The van der Waals surface area contributed by atoms with E-state index in [2.05, 4.69) is 20.6 Å². The summed E-state index contributed by atoms with van der Waals surface area (Å²) in [7, 11) is 0. The molecule has 1 atom stereocenters. The highest BCUT2D eigenvalue weighted by atomic mass is 19.1. The Morgan fingerprint density at radius 3 is 2.83 bits per heavy atom. The van der Waals surface area contributed by atoms with Crippen molar-refractivity contribution in [1.82, 2.24) is 9.97 Å². The lowest BCUT2D eigenvalue weighted by Gasteiger charge is -2.13. The molecule has 0 fully saturated rings. The van der Waals surface area contributed by atoms with E-state index in [1.807, 2.05) is 20.8 Å². The lowest BCUT2D eigenvalue weighted by Crippen LogP contribution is -2.21. The third-order valence-corrected chi connectivity index (χ3v) is 2.29. The van der Waals surface area contributed by atoms with Gasteiger partial charge in [0.15, 0.2) is 11.6 Å². The van der Waals surface area contributed by atoms with Crippen LogP contribution in [0.2, 0.25) is 0 Å². The van der Waals surface area contributed by atoms with E-state index in [1.165, 1.54) is 6.20 Å². The Kier molecular flexibility index (Phi) is 6.35. The Bertz CT molecular complexity index is 362. The van der Waals surface area contributed by atoms with Gasteiger partial charge in [-0.15, -0.1) is 0 Å². The fourth-order valence-electron chi connectivity index (χ4n) is 1.40. The zero-order chi connectivity index (χ0) is 13.4. The maximum absolute atomic E-state index is 13.5. The quantitative estimate of drug-likeness (QED) is 0.747. The monoisotopic (exact) mass is 256 g/mol. The number of halogens is 1. The lowest BCUT2D eigenvalue weighted by atomic mass is 10.4. The minimum Gasteiger partial charge on any atom is -0.377 e. The van der Waals surface area contributed by atoms with Crippen LogP contribution in [-0.2, 0) is 4.74 Å². The normalized spacial score (nSPS) is 12.2. The first-order valence-electron chi connectivity index (χ1n) is 6.29. The predicted octanol–water partition coefficient (Wildman–Crippen LogP) is 2.27. The fraction of sp³-hybridized carbons (Fsp3) is 0.667. The van der Waals surface area contributed by atoms with Crippen molar-refractivity contribution in [3.63, 3.8) is 0 Å². The van der Waals surface area contributed by atoms with Gasteiger partial charge < -0.3 is 15.4 Å². The van der Waals surface area contributed by atoms with E-state index >= 15 is 0 Å². The van der Waals surface area contributed by atoms with Gasteiger partial charge in [0, 0.05) is 19.7 Å². The zero-order valence-electron chi connectivity index (χ0n) is 11.2. The van der Waals surface area contributed by atoms with E-state index in [0.29, 0.717) is 19.1 Å². The van der Waals surface area contributed by atoms with Gasteiger partial charge in [0.2, 0.25) is 5.95 Å². The Balaban J connectivity index is 2.57. The highest BCUT2D eigenvalue weighted by Crippen LogP contribution is 2.12. The van der Waals surface area contributed by atoms with Crippen molar-refractivity contribution in [2.24, 2.45) is 0 Å². The van der Waals surface area contributed by atoms with Gasteiger partial charge in [0.1, 0.15) is 0 Å². The molecule has 1 unspecified atom stereocenters. The van der Waals surface area contributed by atoms with E-state index in [4.69, 9.17) is 4.74 Å². The lowest BCUT2D eigenvalue weighted by molar-refractivity contribution is 0.0854. The maximum atomic E-state index is 13.5. The van der Waals surface area contributed by atoms with Crippen LogP contribution in [0.4, 0.5) is 16.2 Å². The highest BCUT2D eigenvalue weighted by molar-refractivity contribution is 5.41. The third kappa shape index (κ3) is 4.83. The molecule has 0 amide bonds. The predicted molar refractivity (Wildman–Crippen MR) is 70.3 cm³/mol. The number of hydrogen-bond donors (Lipinski definition) is 2. The number of anilines is 2. The van der Waals surface area contributed by atoms with E-state index < -0.39 is 5.82 Å². The molecule has 2 N–H and O–H groups in total. The van der Waals surface area contributed by atoms with Crippen LogP contribution >= 0.6 is 0 Å². The van der Waals surface area contributed by atoms with Crippen molar-refractivity contribution in [1.29, 1.82) is 0 Å². The Morgan fingerprint density at radius 2 is 2.17 bits per heavy atom. The number of hydrogen-bond acceptors (Lipinski definition) is 5. The second-order valence-electron chi connectivity index (χ2n) is 3.96. The van der Waals surface area contributed by atoms with Gasteiger partial charge in [0.05, 0.1) is 12.3 Å². The van der Waals surface area contributed by atoms with Gasteiger partial charge in [-0.25, -0.2) is 9.37 Å². The van der Waals surface area contributed by atoms with Crippen molar-refractivity contribution in [3.05, 3.63) is 12.0 Å². The van der Waals surface area contributed by atoms with Crippen LogP contribution in [-0.4, -0.2) is 35.8 Å². The Labute approximate surface area is 107 Å². The summed E-state index contributed by atoms with van der Waals surface area (Å²) in [4.78, 5) is 7.95. The summed E-state index contributed by atoms with van der Waals surface area (Å²) >= 11 is 0. The number of aromatic nitrogens is 2. The number of nitrogens with one attached hydrogen (secondary N) is 2. The van der Waals surface area contributed by atoms with E-state index in [9.17, 15) is 4.39 Å². The largest absolute Gasteiger partial charge is 0.377 e.